The largest absolute Gasteiger partial charge is 0.480 e. The lowest BCUT2D eigenvalue weighted by atomic mass is 9.66. The molecule has 1 saturated carbocycles. The zero-order valence-corrected chi connectivity index (χ0v) is 21.6. The zero-order chi connectivity index (χ0) is 25.7. The number of hydrogen-bond acceptors (Lipinski definition) is 9. The van der Waals surface area contributed by atoms with Crippen LogP contribution in [0.15, 0.2) is 18.6 Å². The molecule has 36 heavy (non-hydrogen) atoms. The van der Waals surface area contributed by atoms with Gasteiger partial charge in [-0.25, -0.2) is 19.7 Å². The van der Waals surface area contributed by atoms with Gasteiger partial charge in [-0.15, -0.1) is 0 Å². The van der Waals surface area contributed by atoms with Gasteiger partial charge in [0.05, 0.1) is 12.7 Å². The van der Waals surface area contributed by atoms with Crippen molar-refractivity contribution in [3.63, 3.8) is 0 Å². The predicted octanol–water partition coefficient (Wildman–Crippen LogP) is 3.77. The summed E-state index contributed by atoms with van der Waals surface area (Å²) in [4.78, 5) is 32.8. The number of hydrogen-bond donors (Lipinski definition) is 0. The average molecular weight is 492 g/mol. The Hall–Kier alpha value is -3.61. The van der Waals surface area contributed by atoms with Crippen molar-refractivity contribution in [1.29, 1.82) is 5.26 Å². The van der Waals surface area contributed by atoms with Crippen LogP contribution in [0.4, 0.5) is 22.1 Å². The van der Waals surface area contributed by atoms with Gasteiger partial charge in [0.15, 0.2) is 0 Å². The van der Waals surface area contributed by atoms with E-state index in [1.54, 1.807) is 18.3 Å². The lowest BCUT2D eigenvalue weighted by Gasteiger charge is -2.44. The maximum absolute atomic E-state index is 12.7. The van der Waals surface area contributed by atoms with Gasteiger partial charge >= 0.3 is 6.09 Å². The van der Waals surface area contributed by atoms with Gasteiger partial charge in [0.1, 0.15) is 35.3 Å². The smallest absolute Gasteiger partial charge is 0.410 e. The van der Waals surface area contributed by atoms with E-state index in [0.717, 1.165) is 48.7 Å². The second kappa shape index (κ2) is 8.80. The molecule has 0 radical (unpaired) electrons. The van der Waals surface area contributed by atoms with Crippen LogP contribution in [0.1, 0.15) is 58.1 Å². The summed E-state index contributed by atoms with van der Waals surface area (Å²) in [7, 11) is 1.59. The molecule has 0 bridgehead atoms. The molecule has 10 nitrogen and oxygen atoms in total. The minimum atomic E-state index is -0.528. The van der Waals surface area contributed by atoms with E-state index in [4.69, 9.17) is 19.4 Å². The highest BCUT2D eigenvalue weighted by atomic mass is 16.6. The maximum Gasteiger partial charge on any atom is 0.410 e. The van der Waals surface area contributed by atoms with E-state index >= 15 is 0 Å². The summed E-state index contributed by atoms with van der Waals surface area (Å²) >= 11 is 0. The molecule has 1 unspecified atom stereocenters. The summed E-state index contributed by atoms with van der Waals surface area (Å²) in [6, 6.07) is 3.98. The second-order valence-corrected chi connectivity index (χ2v) is 10.9. The first-order valence-electron chi connectivity index (χ1n) is 12.5. The molecule has 0 N–H and O–H groups in total. The number of carbonyl (C=O) groups is 1. The van der Waals surface area contributed by atoms with Crippen molar-refractivity contribution in [2.75, 3.05) is 43.1 Å². The van der Waals surface area contributed by atoms with E-state index in [1.807, 2.05) is 33.8 Å². The normalized spacial score (nSPS) is 20.6. The third-order valence-corrected chi connectivity index (χ3v) is 7.37. The molecule has 2 aromatic heterocycles. The molecular formula is C26H33N7O3. The molecule has 2 fully saturated rings. The fourth-order valence-electron chi connectivity index (χ4n) is 5.55. The molecule has 5 rings (SSSR count). The SMILES string of the molecule is COc1ncc(C#N)cc1N1CC2(CCC2)c2c(N3CCN(C(=O)OC(C)(C)C)C(C)C3)ncnc21. The Labute approximate surface area is 211 Å². The van der Waals surface area contributed by atoms with Crippen LogP contribution in [0.3, 0.4) is 0 Å². The van der Waals surface area contributed by atoms with Crippen molar-refractivity contribution in [3.8, 4) is 11.9 Å². The number of nitriles is 1. The van der Waals surface area contributed by atoms with Crippen molar-refractivity contribution in [2.24, 2.45) is 0 Å². The van der Waals surface area contributed by atoms with E-state index in [9.17, 15) is 10.1 Å². The number of aromatic nitrogens is 3. The molecule has 1 saturated heterocycles. The lowest BCUT2D eigenvalue weighted by Crippen LogP contribution is -2.55. The number of amides is 1. The quantitative estimate of drug-likeness (QED) is 0.634. The second-order valence-electron chi connectivity index (χ2n) is 10.9. The van der Waals surface area contributed by atoms with Gasteiger partial charge in [-0.05, 0) is 46.6 Å². The van der Waals surface area contributed by atoms with Crippen LogP contribution >= 0.6 is 0 Å². The molecule has 3 aliphatic rings. The third kappa shape index (κ3) is 4.06. The number of carbonyl (C=O) groups excluding carboxylic acids is 1. The van der Waals surface area contributed by atoms with Crippen molar-refractivity contribution in [2.45, 2.75) is 64.0 Å². The summed E-state index contributed by atoms with van der Waals surface area (Å²) in [6.07, 6.45) is 6.11. The highest BCUT2D eigenvalue weighted by molar-refractivity contribution is 5.78. The van der Waals surface area contributed by atoms with Gasteiger partial charge in [0.2, 0.25) is 5.88 Å². The number of anilines is 3. The molecule has 0 aromatic carbocycles. The van der Waals surface area contributed by atoms with Crippen molar-refractivity contribution in [1.82, 2.24) is 19.9 Å². The van der Waals surface area contributed by atoms with Crippen LogP contribution in [0.25, 0.3) is 0 Å². The minimum absolute atomic E-state index is 0.0225. The molecule has 1 spiro atoms. The topological polar surface area (TPSA) is 108 Å². The molecule has 1 aliphatic carbocycles. The number of piperazine rings is 1. The van der Waals surface area contributed by atoms with E-state index < -0.39 is 5.60 Å². The fraction of sp³-hybridized carbons (Fsp3) is 0.577. The lowest BCUT2D eigenvalue weighted by molar-refractivity contribution is 0.0158. The Bertz CT molecular complexity index is 1210. The molecule has 1 atom stereocenters. The fourth-order valence-corrected chi connectivity index (χ4v) is 5.55. The van der Waals surface area contributed by atoms with E-state index in [-0.39, 0.29) is 17.6 Å². The van der Waals surface area contributed by atoms with Crippen molar-refractivity contribution in [3.05, 3.63) is 29.7 Å². The standard InChI is InChI=1S/C26H33N7O3/c1-17-14-31(9-10-32(17)24(34)36-25(2,3)4)21-20-22(30-16-29-21)33(15-26(20)7-6-8-26)19-11-18(12-27)13-28-23(19)35-5/h11,13,16-17H,6-10,14-15H2,1-5H3. The number of ether oxygens (including phenoxy) is 2. The predicted molar refractivity (Wildman–Crippen MR) is 135 cm³/mol. The summed E-state index contributed by atoms with van der Waals surface area (Å²) in [5.41, 5.74) is 1.79. The van der Waals surface area contributed by atoms with Gasteiger partial charge < -0.3 is 24.2 Å². The van der Waals surface area contributed by atoms with E-state index in [2.05, 4.69) is 20.9 Å². The van der Waals surface area contributed by atoms with Crippen LogP contribution in [-0.2, 0) is 10.2 Å². The molecule has 10 heteroatoms. The Kier molecular flexibility index (Phi) is 5.89. The van der Waals surface area contributed by atoms with Crippen molar-refractivity contribution >= 4 is 23.4 Å². The molecule has 1 amide bonds. The number of methoxy groups -OCH3 is 1. The van der Waals surface area contributed by atoms with Crippen LogP contribution in [0.2, 0.25) is 0 Å². The summed E-state index contributed by atoms with van der Waals surface area (Å²) in [6.45, 7) is 10.3. The van der Waals surface area contributed by atoms with Gasteiger partial charge in [0.25, 0.3) is 0 Å². The highest BCUT2D eigenvalue weighted by Gasteiger charge is 2.51. The Morgan fingerprint density at radius 3 is 2.56 bits per heavy atom. The van der Waals surface area contributed by atoms with Crippen LogP contribution < -0.4 is 14.5 Å². The number of nitrogens with zero attached hydrogens (tertiary/aromatic N) is 7. The number of pyridine rings is 1. The average Bonchev–Trinajstić information content (AvgIpc) is 3.18. The van der Waals surface area contributed by atoms with Crippen LogP contribution in [0.5, 0.6) is 5.88 Å². The zero-order valence-electron chi connectivity index (χ0n) is 21.6. The van der Waals surface area contributed by atoms with Gasteiger partial charge in [-0.1, -0.05) is 6.42 Å². The van der Waals surface area contributed by atoms with Gasteiger partial charge in [-0.3, -0.25) is 0 Å². The maximum atomic E-state index is 12.7. The molecule has 2 aliphatic heterocycles. The van der Waals surface area contributed by atoms with E-state index in [0.29, 0.717) is 31.1 Å². The van der Waals surface area contributed by atoms with Crippen molar-refractivity contribution < 1.29 is 14.3 Å². The summed E-state index contributed by atoms with van der Waals surface area (Å²) in [5, 5.41) is 9.47. The van der Waals surface area contributed by atoms with Crippen LogP contribution in [-0.4, -0.2) is 70.9 Å². The van der Waals surface area contributed by atoms with Gasteiger partial charge in [-0.2, -0.15) is 5.26 Å². The summed E-state index contributed by atoms with van der Waals surface area (Å²) in [5.74, 6) is 2.24. The third-order valence-electron chi connectivity index (χ3n) is 7.37. The van der Waals surface area contributed by atoms with Crippen LogP contribution in [0, 0.1) is 11.3 Å². The molecular weight excluding hydrogens is 458 g/mol. The Morgan fingerprint density at radius 2 is 1.94 bits per heavy atom. The Morgan fingerprint density at radius 1 is 1.19 bits per heavy atom. The first-order chi connectivity index (χ1) is 17.2. The van der Waals surface area contributed by atoms with E-state index in [1.165, 1.54) is 6.20 Å². The highest BCUT2D eigenvalue weighted by Crippen LogP contribution is 2.57. The monoisotopic (exact) mass is 491 g/mol. The number of rotatable bonds is 3. The Balaban J connectivity index is 1.48. The van der Waals surface area contributed by atoms with Gasteiger partial charge in [0, 0.05) is 49.4 Å². The molecule has 4 heterocycles. The molecule has 2 aromatic rings. The first kappa shape index (κ1) is 24.1. The summed E-state index contributed by atoms with van der Waals surface area (Å²) < 4.78 is 11.2. The molecule has 190 valence electrons. The minimum Gasteiger partial charge on any atom is -0.480 e. The first-order valence-corrected chi connectivity index (χ1v) is 12.5. The number of fused-ring (bicyclic) bond motifs is 2.